The third-order valence-electron chi connectivity index (χ3n) is 4.14. The van der Waals surface area contributed by atoms with Crippen molar-refractivity contribution in [2.24, 2.45) is 0 Å². The predicted octanol–water partition coefficient (Wildman–Crippen LogP) is 4.22. The molecule has 132 valence electrons. The topological polar surface area (TPSA) is 91.2 Å². The van der Waals surface area contributed by atoms with E-state index in [1.807, 2.05) is 24.4 Å². The average molecular weight is 369 g/mol. The molecule has 0 radical (unpaired) electrons. The van der Waals surface area contributed by atoms with Crippen LogP contribution in [0.1, 0.15) is 33.1 Å². The maximum absolute atomic E-state index is 12.8. The Balaban J connectivity index is 1.72. The van der Waals surface area contributed by atoms with Crippen LogP contribution in [0.5, 0.6) is 0 Å². The number of carbonyl (C=O) groups excluding carboxylic acids is 1. The molecule has 0 atom stereocenters. The molecule has 0 aliphatic heterocycles. The van der Waals surface area contributed by atoms with Crippen LogP contribution in [0.3, 0.4) is 0 Å². The van der Waals surface area contributed by atoms with Gasteiger partial charge in [0.05, 0.1) is 38.5 Å². The first kappa shape index (κ1) is 16.5. The SMILES string of the molecule is Cc1noc(C)c1COC(=O)c1cc(-c2cccs2)nc2onc(C)c12. The summed E-state index contributed by atoms with van der Waals surface area (Å²) in [5.41, 5.74) is 3.41. The lowest BCUT2D eigenvalue weighted by Gasteiger charge is -2.07. The van der Waals surface area contributed by atoms with Crippen molar-refractivity contribution in [1.29, 1.82) is 0 Å². The van der Waals surface area contributed by atoms with Gasteiger partial charge in [0.1, 0.15) is 12.4 Å². The quantitative estimate of drug-likeness (QED) is 0.497. The Kier molecular flexibility index (Phi) is 4.04. The number of aryl methyl sites for hydroxylation is 3. The van der Waals surface area contributed by atoms with E-state index in [0.717, 1.165) is 10.4 Å². The molecule has 8 heteroatoms. The predicted molar refractivity (Wildman–Crippen MR) is 95.0 cm³/mol. The normalized spacial score (nSPS) is 11.2. The number of pyridine rings is 1. The molecule has 26 heavy (non-hydrogen) atoms. The highest BCUT2D eigenvalue weighted by Crippen LogP contribution is 2.30. The van der Waals surface area contributed by atoms with Crippen LogP contribution in [0, 0.1) is 20.8 Å². The van der Waals surface area contributed by atoms with Crippen LogP contribution in [0.2, 0.25) is 0 Å². The molecule has 0 unspecified atom stereocenters. The van der Waals surface area contributed by atoms with E-state index in [1.54, 1.807) is 19.9 Å². The highest BCUT2D eigenvalue weighted by Gasteiger charge is 2.21. The summed E-state index contributed by atoms with van der Waals surface area (Å²) in [7, 11) is 0. The molecule has 4 rings (SSSR count). The van der Waals surface area contributed by atoms with Crippen molar-refractivity contribution in [3.05, 3.63) is 51.9 Å². The smallest absolute Gasteiger partial charge is 0.339 e. The van der Waals surface area contributed by atoms with Crippen molar-refractivity contribution in [1.82, 2.24) is 15.3 Å². The molecule has 4 aromatic rings. The summed E-state index contributed by atoms with van der Waals surface area (Å²) < 4.78 is 15.9. The summed E-state index contributed by atoms with van der Waals surface area (Å²) in [4.78, 5) is 18.2. The van der Waals surface area contributed by atoms with E-state index < -0.39 is 5.97 Å². The van der Waals surface area contributed by atoms with E-state index >= 15 is 0 Å². The van der Waals surface area contributed by atoms with Crippen molar-refractivity contribution in [2.45, 2.75) is 27.4 Å². The molecular weight excluding hydrogens is 354 g/mol. The van der Waals surface area contributed by atoms with Gasteiger partial charge in [-0.2, -0.15) is 0 Å². The van der Waals surface area contributed by atoms with Gasteiger partial charge in [-0.15, -0.1) is 11.3 Å². The third-order valence-corrected chi connectivity index (χ3v) is 5.03. The van der Waals surface area contributed by atoms with Gasteiger partial charge >= 0.3 is 5.97 Å². The van der Waals surface area contributed by atoms with Gasteiger partial charge in [-0.05, 0) is 38.3 Å². The van der Waals surface area contributed by atoms with Gasteiger partial charge in [-0.25, -0.2) is 9.78 Å². The van der Waals surface area contributed by atoms with Crippen molar-refractivity contribution in [2.75, 3.05) is 0 Å². The summed E-state index contributed by atoms with van der Waals surface area (Å²) in [6.45, 7) is 5.45. The Morgan fingerprint density at radius 2 is 2.00 bits per heavy atom. The molecular formula is C18H15N3O4S. The van der Waals surface area contributed by atoms with Gasteiger partial charge in [0, 0.05) is 0 Å². The number of rotatable bonds is 4. The number of hydrogen-bond donors (Lipinski definition) is 0. The highest BCUT2D eigenvalue weighted by molar-refractivity contribution is 7.13. The molecule has 0 bridgehead atoms. The number of carbonyl (C=O) groups is 1. The van der Waals surface area contributed by atoms with E-state index in [-0.39, 0.29) is 6.61 Å². The minimum absolute atomic E-state index is 0.0858. The zero-order valence-electron chi connectivity index (χ0n) is 14.4. The maximum atomic E-state index is 12.8. The van der Waals surface area contributed by atoms with Crippen LogP contribution in [0.25, 0.3) is 21.7 Å². The van der Waals surface area contributed by atoms with E-state index in [1.165, 1.54) is 11.3 Å². The fourth-order valence-corrected chi connectivity index (χ4v) is 3.42. The van der Waals surface area contributed by atoms with Gasteiger partial charge in [0.2, 0.25) is 0 Å². The first-order chi connectivity index (χ1) is 12.5. The molecule has 0 amide bonds. The summed E-state index contributed by atoms with van der Waals surface area (Å²) in [6, 6.07) is 5.57. The number of hydrogen-bond acceptors (Lipinski definition) is 8. The fraction of sp³-hybridized carbons (Fsp3) is 0.222. The molecule has 7 nitrogen and oxygen atoms in total. The molecule has 0 aliphatic carbocycles. The standard InChI is InChI=1S/C18H15N3O4S/c1-9-13(11(3)24-20-9)8-23-18(22)12-7-14(15-5-4-6-26-15)19-17-16(12)10(2)21-25-17/h4-7H,8H2,1-3H3. The first-order valence-corrected chi connectivity index (χ1v) is 8.82. The van der Waals surface area contributed by atoms with Crippen molar-refractivity contribution in [3.8, 4) is 10.6 Å². The van der Waals surface area contributed by atoms with Crippen LogP contribution in [0.15, 0.2) is 32.6 Å². The number of nitrogens with zero attached hydrogens (tertiary/aromatic N) is 3. The van der Waals surface area contributed by atoms with Gasteiger partial charge in [0.25, 0.3) is 5.71 Å². The maximum Gasteiger partial charge on any atom is 0.339 e. The molecule has 4 heterocycles. The minimum Gasteiger partial charge on any atom is -0.457 e. The zero-order valence-corrected chi connectivity index (χ0v) is 15.2. The second-order valence-corrected chi connectivity index (χ2v) is 6.81. The monoisotopic (exact) mass is 369 g/mol. The summed E-state index contributed by atoms with van der Waals surface area (Å²) in [5.74, 6) is 0.164. The van der Waals surface area contributed by atoms with Crippen LogP contribution >= 0.6 is 11.3 Å². The van der Waals surface area contributed by atoms with Crippen molar-refractivity contribution >= 4 is 28.4 Å². The molecule has 4 aromatic heterocycles. The Labute approximate surface area is 152 Å². The molecule has 0 aliphatic rings. The Hall–Kier alpha value is -3.00. The minimum atomic E-state index is -0.471. The molecule has 0 spiro atoms. The van der Waals surface area contributed by atoms with E-state index in [2.05, 4.69) is 15.3 Å². The van der Waals surface area contributed by atoms with E-state index in [9.17, 15) is 4.79 Å². The molecule has 0 saturated carbocycles. The number of fused-ring (bicyclic) bond motifs is 1. The lowest BCUT2D eigenvalue weighted by atomic mass is 10.1. The summed E-state index contributed by atoms with van der Waals surface area (Å²) in [6.07, 6.45) is 0. The lowest BCUT2D eigenvalue weighted by molar-refractivity contribution is 0.0473. The van der Waals surface area contributed by atoms with Crippen molar-refractivity contribution < 1.29 is 18.6 Å². The zero-order chi connectivity index (χ0) is 18.3. The Bertz CT molecular complexity index is 1080. The lowest BCUT2D eigenvalue weighted by Crippen LogP contribution is -2.08. The number of esters is 1. The number of thiophene rings is 1. The van der Waals surface area contributed by atoms with Crippen LogP contribution in [-0.4, -0.2) is 21.3 Å². The Morgan fingerprint density at radius 1 is 1.19 bits per heavy atom. The highest BCUT2D eigenvalue weighted by atomic mass is 32.1. The van der Waals surface area contributed by atoms with Crippen molar-refractivity contribution in [3.63, 3.8) is 0 Å². The van der Waals surface area contributed by atoms with Gasteiger partial charge in [-0.1, -0.05) is 16.4 Å². The van der Waals surface area contributed by atoms with E-state index in [0.29, 0.717) is 39.5 Å². The molecule has 0 fully saturated rings. The summed E-state index contributed by atoms with van der Waals surface area (Å²) >= 11 is 1.53. The average Bonchev–Trinajstić information content (AvgIpc) is 3.35. The van der Waals surface area contributed by atoms with Gasteiger partial charge < -0.3 is 13.8 Å². The number of ether oxygens (including phenoxy) is 1. The Morgan fingerprint density at radius 3 is 2.69 bits per heavy atom. The third kappa shape index (κ3) is 2.78. The first-order valence-electron chi connectivity index (χ1n) is 7.94. The second-order valence-electron chi connectivity index (χ2n) is 5.86. The van der Waals surface area contributed by atoms with Gasteiger partial charge in [0.15, 0.2) is 0 Å². The van der Waals surface area contributed by atoms with Crippen LogP contribution < -0.4 is 0 Å². The van der Waals surface area contributed by atoms with Crippen LogP contribution in [-0.2, 0) is 11.3 Å². The largest absolute Gasteiger partial charge is 0.457 e. The summed E-state index contributed by atoms with van der Waals surface area (Å²) in [5, 5.41) is 10.3. The van der Waals surface area contributed by atoms with Gasteiger partial charge in [-0.3, -0.25) is 0 Å². The molecule has 0 N–H and O–H groups in total. The second kappa shape index (κ2) is 6.38. The molecule has 0 aromatic carbocycles. The fourth-order valence-electron chi connectivity index (χ4n) is 2.73. The molecule has 0 saturated heterocycles. The van der Waals surface area contributed by atoms with E-state index in [4.69, 9.17) is 13.8 Å². The van der Waals surface area contributed by atoms with Crippen LogP contribution in [0.4, 0.5) is 0 Å². The number of aromatic nitrogens is 3.